The number of benzene rings is 1. The summed E-state index contributed by atoms with van der Waals surface area (Å²) in [7, 11) is 6.00. The first-order chi connectivity index (χ1) is 6.95. The molecule has 0 bridgehead atoms. The second-order valence-electron chi connectivity index (χ2n) is 3.49. The van der Waals surface area contributed by atoms with Crippen LogP contribution in [0.25, 0.3) is 5.57 Å². The Morgan fingerprint density at radius 3 is 1.93 bits per heavy atom. The summed E-state index contributed by atoms with van der Waals surface area (Å²) in [5.41, 5.74) is 0.783. The van der Waals surface area contributed by atoms with Crippen molar-refractivity contribution in [3.8, 4) is 0 Å². The molecule has 0 saturated carbocycles. The third-order valence-corrected chi connectivity index (χ3v) is 1.38. The van der Waals surface area contributed by atoms with Crippen LogP contribution in [0.1, 0.15) is 5.56 Å². The van der Waals surface area contributed by atoms with Crippen LogP contribution in [0.4, 0.5) is 0 Å². The van der Waals surface area contributed by atoms with E-state index < -0.39 is 5.97 Å². The summed E-state index contributed by atoms with van der Waals surface area (Å²) in [6.45, 7) is 3.42. The lowest BCUT2D eigenvalue weighted by Crippen LogP contribution is -1.99. The summed E-state index contributed by atoms with van der Waals surface area (Å²) in [4.78, 5) is 12.4. The number of hydrogen-bond donors (Lipinski definition) is 1. The first kappa shape index (κ1) is 13.4. The number of carbonyl (C=O) groups is 1. The monoisotopic (exact) mass is 207 g/mol. The minimum atomic E-state index is -0.976. The van der Waals surface area contributed by atoms with Crippen molar-refractivity contribution in [3.63, 3.8) is 0 Å². The number of rotatable bonds is 2. The van der Waals surface area contributed by atoms with Crippen molar-refractivity contribution < 1.29 is 9.90 Å². The van der Waals surface area contributed by atoms with Crippen LogP contribution in [-0.2, 0) is 4.79 Å². The molecule has 0 saturated heterocycles. The first-order valence-electron chi connectivity index (χ1n) is 4.53. The van der Waals surface area contributed by atoms with Gasteiger partial charge in [-0.15, -0.1) is 0 Å². The Morgan fingerprint density at radius 1 is 1.20 bits per heavy atom. The second-order valence-corrected chi connectivity index (χ2v) is 3.49. The zero-order valence-corrected chi connectivity index (χ0v) is 9.40. The van der Waals surface area contributed by atoms with Gasteiger partial charge in [0.25, 0.3) is 0 Å². The lowest BCUT2D eigenvalue weighted by atomic mass is 10.1. The number of nitrogens with zero attached hydrogens (tertiary/aromatic N) is 1. The molecule has 0 aliphatic carbocycles. The Bertz CT molecular complexity index is 315. The number of aliphatic carboxylic acids is 1. The topological polar surface area (TPSA) is 40.5 Å². The maximum atomic E-state index is 10.4. The van der Waals surface area contributed by atoms with E-state index in [2.05, 4.69) is 6.58 Å². The van der Waals surface area contributed by atoms with Crippen LogP contribution in [0.3, 0.4) is 0 Å². The third-order valence-electron chi connectivity index (χ3n) is 1.38. The van der Waals surface area contributed by atoms with E-state index in [1.54, 1.807) is 24.3 Å². The number of carboxylic acids is 1. The molecule has 1 aromatic rings. The maximum absolute atomic E-state index is 10.4. The highest BCUT2D eigenvalue weighted by Crippen LogP contribution is 2.10. The molecule has 0 fully saturated rings. The van der Waals surface area contributed by atoms with Crippen LogP contribution >= 0.6 is 0 Å². The molecule has 1 aromatic carbocycles. The van der Waals surface area contributed by atoms with Crippen molar-refractivity contribution in [1.29, 1.82) is 0 Å². The van der Waals surface area contributed by atoms with Crippen LogP contribution < -0.4 is 0 Å². The van der Waals surface area contributed by atoms with Gasteiger partial charge in [0, 0.05) is 0 Å². The standard InChI is InChI=1S/C9H8O2.C3H9N/c1-7(9(10)11)8-5-3-2-4-6-8;1-4(2)3/h2-6H,1H2,(H,10,11);1-3H3. The molecule has 0 atom stereocenters. The molecule has 0 heterocycles. The van der Waals surface area contributed by atoms with E-state index in [0.29, 0.717) is 5.56 Å². The van der Waals surface area contributed by atoms with Crippen molar-refractivity contribution in [2.24, 2.45) is 0 Å². The summed E-state index contributed by atoms with van der Waals surface area (Å²) in [5, 5.41) is 8.54. The molecular weight excluding hydrogens is 190 g/mol. The number of hydrogen-bond acceptors (Lipinski definition) is 2. The molecule has 15 heavy (non-hydrogen) atoms. The van der Waals surface area contributed by atoms with Crippen LogP contribution in [0, 0.1) is 0 Å². The van der Waals surface area contributed by atoms with E-state index in [0.717, 1.165) is 0 Å². The highest BCUT2D eigenvalue weighted by molar-refractivity contribution is 6.14. The van der Waals surface area contributed by atoms with Crippen molar-refractivity contribution in [3.05, 3.63) is 42.5 Å². The molecule has 82 valence electrons. The predicted octanol–water partition coefficient (Wildman–Crippen LogP) is 1.96. The van der Waals surface area contributed by atoms with Crippen LogP contribution in [0.5, 0.6) is 0 Å². The Hall–Kier alpha value is -1.61. The van der Waals surface area contributed by atoms with Crippen molar-refractivity contribution in [2.75, 3.05) is 21.1 Å². The van der Waals surface area contributed by atoms with E-state index in [1.165, 1.54) is 0 Å². The highest BCUT2D eigenvalue weighted by atomic mass is 16.4. The van der Waals surface area contributed by atoms with E-state index in [4.69, 9.17) is 5.11 Å². The number of carboxylic acid groups (broad SMARTS) is 1. The fourth-order valence-corrected chi connectivity index (χ4v) is 0.763. The van der Waals surface area contributed by atoms with E-state index >= 15 is 0 Å². The lowest BCUT2D eigenvalue weighted by Gasteiger charge is -1.97. The summed E-state index contributed by atoms with van der Waals surface area (Å²) in [6.07, 6.45) is 0. The van der Waals surface area contributed by atoms with Crippen LogP contribution in [0.15, 0.2) is 36.9 Å². The van der Waals surface area contributed by atoms with Gasteiger partial charge >= 0.3 is 5.97 Å². The summed E-state index contributed by atoms with van der Waals surface area (Å²) >= 11 is 0. The second kappa shape index (κ2) is 6.79. The average Bonchev–Trinajstić information content (AvgIpc) is 2.17. The average molecular weight is 207 g/mol. The normalized spacial score (nSPS) is 9.07. The van der Waals surface area contributed by atoms with Crippen molar-refractivity contribution >= 4 is 11.5 Å². The molecule has 3 nitrogen and oxygen atoms in total. The minimum Gasteiger partial charge on any atom is -0.478 e. The van der Waals surface area contributed by atoms with E-state index in [1.807, 2.05) is 32.1 Å². The van der Waals surface area contributed by atoms with Gasteiger partial charge in [0.05, 0.1) is 5.57 Å². The van der Waals surface area contributed by atoms with Gasteiger partial charge in [0.1, 0.15) is 0 Å². The largest absolute Gasteiger partial charge is 0.478 e. The molecule has 0 spiro atoms. The maximum Gasteiger partial charge on any atom is 0.335 e. The van der Waals surface area contributed by atoms with Gasteiger partial charge in [0.2, 0.25) is 0 Å². The molecular formula is C12H17NO2. The molecule has 1 rings (SSSR count). The molecule has 0 radical (unpaired) electrons. The zero-order chi connectivity index (χ0) is 11.8. The van der Waals surface area contributed by atoms with Gasteiger partial charge in [-0.05, 0) is 26.7 Å². The van der Waals surface area contributed by atoms with Crippen molar-refractivity contribution in [1.82, 2.24) is 4.90 Å². The van der Waals surface area contributed by atoms with Gasteiger partial charge in [-0.25, -0.2) is 4.79 Å². The van der Waals surface area contributed by atoms with Gasteiger partial charge in [-0.1, -0.05) is 36.9 Å². The molecule has 0 aliphatic rings. The molecule has 1 N–H and O–H groups in total. The van der Waals surface area contributed by atoms with Gasteiger partial charge in [-0.3, -0.25) is 0 Å². The highest BCUT2D eigenvalue weighted by Gasteiger charge is 2.04. The third kappa shape index (κ3) is 6.46. The van der Waals surface area contributed by atoms with Crippen LogP contribution in [0.2, 0.25) is 0 Å². The van der Waals surface area contributed by atoms with Gasteiger partial charge in [0.15, 0.2) is 0 Å². The summed E-state index contributed by atoms with van der Waals surface area (Å²) in [5.74, 6) is -0.976. The smallest absolute Gasteiger partial charge is 0.335 e. The van der Waals surface area contributed by atoms with E-state index in [9.17, 15) is 4.79 Å². The first-order valence-corrected chi connectivity index (χ1v) is 4.53. The zero-order valence-electron chi connectivity index (χ0n) is 9.40. The SMILES string of the molecule is C=C(C(=O)O)c1ccccc1.CN(C)C. The fraction of sp³-hybridized carbons (Fsp3) is 0.250. The van der Waals surface area contributed by atoms with E-state index in [-0.39, 0.29) is 5.57 Å². The van der Waals surface area contributed by atoms with Gasteiger partial charge < -0.3 is 10.0 Å². The molecule has 0 amide bonds. The summed E-state index contributed by atoms with van der Waals surface area (Å²) < 4.78 is 0. The quantitative estimate of drug-likeness (QED) is 0.754. The molecule has 0 aliphatic heterocycles. The minimum absolute atomic E-state index is 0.130. The molecule has 0 unspecified atom stereocenters. The lowest BCUT2D eigenvalue weighted by molar-refractivity contribution is -0.130. The van der Waals surface area contributed by atoms with Gasteiger partial charge in [-0.2, -0.15) is 0 Å². The fourth-order valence-electron chi connectivity index (χ4n) is 0.763. The Balaban J connectivity index is 0.000000423. The Kier molecular flexibility index (Phi) is 6.06. The van der Waals surface area contributed by atoms with Crippen molar-refractivity contribution in [2.45, 2.75) is 0 Å². The van der Waals surface area contributed by atoms with Crippen LogP contribution in [-0.4, -0.2) is 37.1 Å². The molecule has 3 heteroatoms. The predicted molar refractivity (Wildman–Crippen MR) is 62.7 cm³/mol. The Morgan fingerprint density at radius 2 is 1.60 bits per heavy atom. The summed E-state index contributed by atoms with van der Waals surface area (Å²) in [6, 6.07) is 8.83. The molecule has 0 aromatic heterocycles. The Labute approximate surface area is 90.7 Å².